The van der Waals surface area contributed by atoms with Gasteiger partial charge in [0, 0.05) is 32.8 Å². The van der Waals surface area contributed by atoms with Crippen molar-refractivity contribution in [1.82, 2.24) is 9.78 Å². The lowest BCUT2D eigenvalue weighted by Gasteiger charge is -2.21. The number of allylic oxidation sites excluding steroid dienone is 1. The maximum Gasteiger partial charge on any atom is 0.511 e. The minimum absolute atomic E-state index is 0.0356. The summed E-state index contributed by atoms with van der Waals surface area (Å²) >= 11 is 0. The molecule has 172 valence electrons. The quantitative estimate of drug-likeness (QED) is 0.183. The van der Waals surface area contributed by atoms with Gasteiger partial charge in [-0.1, -0.05) is 57.7 Å². The van der Waals surface area contributed by atoms with Crippen LogP contribution in [0.1, 0.15) is 50.2 Å². The predicted octanol–water partition coefficient (Wildman–Crippen LogP) is 5.30. The number of aliphatic imine (C=N–C) groups is 1. The Morgan fingerprint density at radius 3 is 2.41 bits per heavy atom. The van der Waals surface area contributed by atoms with Crippen molar-refractivity contribution in [2.75, 3.05) is 13.7 Å². The second-order valence-corrected chi connectivity index (χ2v) is 8.41. The average Bonchev–Trinajstić information content (AvgIpc) is 3.06. The van der Waals surface area contributed by atoms with Gasteiger partial charge < -0.3 is 14.2 Å². The van der Waals surface area contributed by atoms with Crippen LogP contribution in [0.5, 0.6) is 0 Å². The Morgan fingerprint density at radius 1 is 1.25 bits per heavy atom. The van der Waals surface area contributed by atoms with Crippen molar-refractivity contribution in [1.29, 1.82) is 0 Å². The number of aromatic nitrogens is 2. The van der Waals surface area contributed by atoms with Gasteiger partial charge in [-0.25, -0.2) is 4.79 Å². The predicted molar refractivity (Wildman–Crippen MR) is 127 cm³/mol. The molecule has 0 aliphatic heterocycles. The summed E-state index contributed by atoms with van der Waals surface area (Å²) in [7, 11) is 3.53. The van der Waals surface area contributed by atoms with E-state index < -0.39 is 12.4 Å². The first kappa shape index (κ1) is 24.9. The highest BCUT2D eigenvalue weighted by Crippen LogP contribution is 2.30. The monoisotopic (exact) mass is 439 g/mol. The standard InChI is InChI=1S/C25H33N3O4/c1-9-14-30-24(29)32-18(3)31-23(22-15-17(2)27-28(22)8)21(16-26-7)19-10-12-20(13-11-19)25(4,5)6/h9-13,15-16,18H,1,14H2,2-8H3/b23-21-,26-16-. The molecule has 2 rings (SSSR count). The number of hydrogen-bond donors (Lipinski definition) is 0. The Balaban J connectivity index is 2.53. The largest absolute Gasteiger partial charge is 0.511 e. The van der Waals surface area contributed by atoms with E-state index in [1.165, 1.54) is 11.6 Å². The molecule has 32 heavy (non-hydrogen) atoms. The van der Waals surface area contributed by atoms with Gasteiger partial charge in [-0.3, -0.25) is 9.67 Å². The van der Waals surface area contributed by atoms with E-state index >= 15 is 0 Å². The number of aryl methyl sites for hydroxylation is 2. The highest BCUT2D eigenvalue weighted by molar-refractivity contribution is 6.18. The van der Waals surface area contributed by atoms with Gasteiger partial charge in [-0.05, 0) is 29.5 Å². The molecule has 1 aromatic carbocycles. The maximum absolute atomic E-state index is 11.9. The second-order valence-electron chi connectivity index (χ2n) is 8.41. The molecule has 7 nitrogen and oxygen atoms in total. The summed E-state index contributed by atoms with van der Waals surface area (Å²) in [6.45, 7) is 13.6. The molecule has 0 bridgehead atoms. The van der Waals surface area contributed by atoms with E-state index in [0.29, 0.717) is 5.76 Å². The van der Waals surface area contributed by atoms with Crippen molar-refractivity contribution in [3.63, 3.8) is 0 Å². The second kappa shape index (κ2) is 10.8. The third kappa shape index (κ3) is 6.57. The molecule has 2 aromatic rings. The summed E-state index contributed by atoms with van der Waals surface area (Å²) < 4.78 is 18.0. The Morgan fingerprint density at radius 2 is 1.91 bits per heavy atom. The molecule has 0 spiro atoms. The first-order valence-electron chi connectivity index (χ1n) is 10.5. The Bertz CT molecular complexity index is 995. The smallest absolute Gasteiger partial charge is 0.452 e. The minimum Gasteiger partial charge on any atom is -0.452 e. The molecule has 0 fully saturated rings. The Hall–Kier alpha value is -3.35. The van der Waals surface area contributed by atoms with Crippen molar-refractivity contribution in [2.45, 2.75) is 46.3 Å². The first-order chi connectivity index (χ1) is 15.1. The molecule has 0 aliphatic rings. The van der Waals surface area contributed by atoms with E-state index in [1.807, 2.05) is 32.2 Å². The van der Waals surface area contributed by atoms with Crippen LogP contribution in [0.15, 0.2) is 48.0 Å². The van der Waals surface area contributed by atoms with Gasteiger partial charge in [0.1, 0.15) is 12.3 Å². The summed E-state index contributed by atoms with van der Waals surface area (Å²) in [5, 5.41) is 4.44. The molecule has 7 heteroatoms. The fourth-order valence-corrected chi connectivity index (χ4v) is 3.11. The summed E-state index contributed by atoms with van der Waals surface area (Å²) in [5.41, 5.74) is 4.47. The lowest BCUT2D eigenvalue weighted by atomic mass is 9.86. The molecule has 1 atom stereocenters. The average molecular weight is 440 g/mol. The number of rotatable bonds is 8. The molecule has 0 saturated heterocycles. The van der Waals surface area contributed by atoms with Crippen LogP contribution in [0.2, 0.25) is 0 Å². The molecule has 0 saturated carbocycles. The van der Waals surface area contributed by atoms with Gasteiger partial charge in [0.15, 0.2) is 5.76 Å². The van der Waals surface area contributed by atoms with Crippen LogP contribution in [0.4, 0.5) is 4.79 Å². The molecule has 0 aliphatic carbocycles. The third-order valence-electron chi connectivity index (χ3n) is 4.66. The van der Waals surface area contributed by atoms with E-state index in [9.17, 15) is 4.79 Å². The fraction of sp³-hybridized carbons (Fsp3) is 0.400. The lowest BCUT2D eigenvalue weighted by Crippen LogP contribution is -2.20. The molecule has 1 unspecified atom stereocenters. The van der Waals surface area contributed by atoms with E-state index in [-0.39, 0.29) is 12.0 Å². The number of benzene rings is 1. The highest BCUT2D eigenvalue weighted by Gasteiger charge is 2.22. The molecule has 1 heterocycles. The third-order valence-corrected chi connectivity index (χ3v) is 4.66. The number of hydrogen-bond acceptors (Lipinski definition) is 6. The number of nitrogens with zero attached hydrogens (tertiary/aromatic N) is 3. The molecule has 0 amide bonds. The molecule has 0 N–H and O–H groups in total. The highest BCUT2D eigenvalue weighted by atomic mass is 16.8. The van der Waals surface area contributed by atoms with Crippen LogP contribution >= 0.6 is 0 Å². The SMILES string of the molecule is C=CCOC(=O)OC(C)O/C(=C(/C=N\C)c1ccc(C(C)(C)C)cc1)c1cc(C)nn1C. The summed E-state index contributed by atoms with van der Waals surface area (Å²) in [4.78, 5) is 16.1. The van der Waals surface area contributed by atoms with E-state index in [0.717, 1.165) is 22.5 Å². The topological polar surface area (TPSA) is 74.9 Å². The van der Waals surface area contributed by atoms with Gasteiger partial charge in [0.05, 0.1) is 5.69 Å². The summed E-state index contributed by atoms with van der Waals surface area (Å²) in [6, 6.07) is 10.2. The summed E-state index contributed by atoms with van der Waals surface area (Å²) in [5.74, 6) is 0.492. The van der Waals surface area contributed by atoms with E-state index in [4.69, 9.17) is 14.2 Å². The zero-order chi connectivity index (χ0) is 23.9. The van der Waals surface area contributed by atoms with E-state index in [1.54, 1.807) is 24.9 Å². The number of carbonyl (C=O) groups is 1. The number of ether oxygens (including phenoxy) is 3. The van der Waals surface area contributed by atoms with Crippen LogP contribution in [-0.4, -0.2) is 42.1 Å². The molecular weight excluding hydrogens is 406 g/mol. The Kier molecular flexibility index (Phi) is 8.41. The van der Waals surface area contributed by atoms with Gasteiger partial charge in [-0.2, -0.15) is 5.10 Å². The van der Waals surface area contributed by atoms with Crippen LogP contribution in [0.3, 0.4) is 0 Å². The number of carbonyl (C=O) groups excluding carboxylic acids is 1. The van der Waals surface area contributed by atoms with Crippen molar-refractivity contribution in [2.24, 2.45) is 12.0 Å². The molecule has 1 aromatic heterocycles. The molecule has 0 radical (unpaired) electrons. The van der Waals surface area contributed by atoms with Crippen LogP contribution in [-0.2, 0) is 26.7 Å². The zero-order valence-corrected chi connectivity index (χ0v) is 20.0. The minimum atomic E-state index is -0.911. The van der Waals surface area contributed by atoms with Gasteiger partial charge in [0.25, 0.3) is 0 Å². The van der Waals surface area contributed by atoms with Gasteiger partial charge >= 0.3 is 6.16 Å². The van der Waals surface area contributed by atoms with Crippen molar-refractivity contribution in [3.05, 3.63) is 65.5 Å². The van der Waals surface area contributed by atoms with Crippen molar-refractivity contribution >= 4 is 23.7 Å². The van der Waals surface area contributed by atoms with Crippen LogP contribution in [0.25, 0.3) is 11.3 Å². The van der Waals surface area contributed by atoms with E-state index in [2.05, 4.69) is 49.6 Å². The van der Waals surface area contributed by atoms with Gasteiger partial charge in [0.2, 0.25) is 6.29 Å². The summed E-state index contributed by atoms with van der Waals surface area (Å²) in [6.07, 6.45) is 1.45. The van der Waals surface area contributed by atoms with Crippen LogP contribution < -0.4 is 0 Å². The maximum atomic E-state index is 11.9. The lowest BCUT2D eigenvalue weighted by molar-refractivity contribution is -0.0647. The Labute approximate surface area is 190 Å². The zero-order valence-electron chi connectivity index (χ0n) is 20.0. The van der Waals surface area contributed by atoms with Crippen molar-refractivity contribution in [3.8, 4) is 0 Å². The van der Waals surface area contributed by atoms with Crippen LogP contribution in [0, 0.1) is 6.92 Å². The van der Waals surface area contributed by atoms with Crippen molar-refractivity contribution < 1.29 is 19.0 Å². The van der Waals surface area contributed by atoms with Gasteiger partial charge in [-0.15, -0.1) is 0 Å². The first-order valence-corrected chi connectivity index (χ1v) is 10.5. The fourth-order valence-electron chi connectivity index (χ4n) is 3.11. The molecular formula is C25H33N3O4. The normalized spacial score (nSPS) is 13.5.